The molecule has 5 nitrogen and oxygen atoms in total. The number of nitrogens with zero attached hydrogens (tertiary/aromatic N) is 2. The average molecular weight is 342 g/mol. The van der Waals surface area contributed by atoms with Crippen LogP contribution in [0.1, 0.15) is 16.7 Å². The van der Waals surface area contributed by atoms with E-state index in [0.717, 1.165) is 11.1 Å². The maximum Gasteiger partial charge on any atom is 0.244 e. The minimum atomic E-state index is -0.780. The molecule has 0 saturated heterocycles. The second-order valence-corrected chi connectivity index (χ2v) is 6.42. The van der Waals surface area contributed by atoms with Crippen molar-refractivity contribution in [2.24, 2.45) is 0 Å². The SMILES string of the molecule is OC[C@@H](O)CS[C@H](c1ccccc1)c1nc(-c2ccccc2)no1. The maximum absolute atomic E-state index is 9.65. The zero-order valence-electron chi connectivity index (χ0n) is 12.9. The van der Waals surface area contributed by atoms with Crippen molar-refractivity contribution in [3.05, 3.63) is 72.1 Å². The van der Waals surface area contributed by atoms with Crippen molar-refractivity contribution in [2.75, 3.05) is 12.4 Å². The van der Waals surface area contributed by atoms with E-state index in [4.69, 9.17) is 9.63 Å². The minimum absolute atomic E-state index is 0.197. The molecule has 2 N–H and O–H groups in total. The third kappa shape index (κ3) is 4.03. The zero-order chi connectivity index (χ0) is 16.8. The van der Waals surface area contributed by atoms with Gasteiger partial charge in [-0.1, -0.05) is 65.8 Å². The van der Waals surface area contributed by atoms with Crippen LogP contribution in [0, 0.1) is 0 Å². The van der Waals surface area contributed by atoms with E-state index < -0.39 is 6.10 Å². The summed E-state index contributed by atoms with van der Waals surface area (Å²) in [7, 11) is 0. The summed E-state index contributed by atoms with van der Waals surface area (Å²) in [4.78, 5) is 4.52. The van der Waals surface area contributed by atoms with E-state index >= 15 is 0 Å². The molecule has 6 heteroatoms. The molecule has 0 aliphatic heterocycles. The zero-order valence-corrected chi connectivity index (χ0v) is 13.8. The summed E-state index contributed by atoms with van der Waals surface area (Å²) in [6.07, 6.45) is -0.780. The number of hydrogen-bond donors (Lipinski definition) is 2. The van der Waals surface area contributed by atoms with E-state index in [-0.39, 0.29) is 11.9 Å². The van der Waals surface area contributed by atoms with Crippen molar-refractivity contribution < 1.29 is 14.7 Å². The molecule has 3 aromatic rings. The van der Waals surface area contributed by atoms with E-state index in [1.165, 1.54) is 11.8 Å². The van der Waals surface area contributed by atoms with Gasteiger partial charge in [0.05, 0.1) is 12.7 Å². The van der Waals surface area contributed by atoms with Crippen LogP contribution in [-0.2, 0) is 0 Å². The minimum Gasteiger partial charge on any atom is -0.394 e. The number of aliphatic hydroxyl groups is 2. The van der Waals surface area contributed by atoms with E-state index in [2.05, 4.69) is 10.1 Å². The quantitative estimate of drug-likeness (QED) is 0.687. The van der Waals surface area contributed by atoms with E-state index in [9.17, 15) is 5.11 Å². The largest absolute Gasteiger partial charge is 0.394 e. The Kier molecular flexibility index (Phi) is 5.63. The van der Waals surface area contributed by atoms with Gasteiger partial charge in [0.25, 0.3) is 0 Å². The number of thioether (sulfide) groups is 1. The van der Waals surface area contributed by atoms with Gasteiger partial charge in [-0.2, -0.15) is 4.98 Å². The predicted octanol–water partition coefficient (Wildman–Crippen LogP) is 2.91. The molecule has 0 aliphatic rings. The first-order valence-electron chi connectivity index (χ1n) is 7.62. The fraction of sp³-hybridized carbons (Fsp3) is 0.222. The molecule has 0 unspecified atom stereocenters. The third-order valence-corrected chi connectivity index (χ3v) is 4.85. The highest BCUT2D eigenvalue weighted by atomic mass is 32.2. The molecule has 124 valence electrons. The second kappa shape index (κ2) is 8.10. The Morgan fingerprint density at radius 3 is 2.33 bits per heavy atom. The van der Waals surface area contributed by atoms with Crippen LogP contribution in [0.3, 0.4) is 0 Å². The smallest absolute Gasteiger partial charge is 0.244 e. The molecule has 1 aromatic heterocycles. The number of aliphatic hydroxyl groups excluding tert-OH is 2. The van der Waals surface area contributed by atoms with Crippen molar-refractivity contribution in [2.45, 2.75) is 11.4 Å². The van der Waals surface area contributed by atoms with Gasteiger partial charge in [0.2, 0.25) is 11.7 Å². The maximum atomic E-state index is 9.65. The van der Waals surface area contributed by atoms with Gasteiger partial charge in [0, 0.05) is 11.3 Å². The van der Waals surface area contributed by atoms with Gasteiger partial charge in [-0.15, -0.1) is 11.8 Å². The fourth-order valence-corrected chi connectivity index (χ4v) is 3.35. The molecule has 24 heavy (non-hydrogen) atoms. The van der Waals surface area contributed by atoms with Gasteiger partial charge in [-0.3, -0.25) is 0 Å². The van der Waals surface area contributed by atoms with Crippen LogP contribution in [0.2, 0.25) is 0 Å². The van der Waals surface area contributed by atoms with Crippen molar-refractivity contribution in [3.8, 4) is 11.4 Å². The van der Waals surface area contributed by atoms with Crippen LogP contribution in [0.5, 0.6) is 0 Å². The Bertz CT molecular complexity index is 749. The number of benzene rings is 2. The van der Waals surface area contributed by atoms with Crippen molar-refractivity contribution in [1.82, 2.24) is 10.1 Å². The summed E-state index contributed by atoms with van der Waals surface area (Å²) in [5.41, 5.74) is 1.90. The topological polar surface area (TPSA) is 79.4 Å². The lowest BCUT2D eigenvalue weighted by Crippen LogP contribution is -2.16. The molecule has 0 aliphatic carbocycles. The Balaban J connectivity index is 1.87. The Hall–Kier alpha value is -2.15. The van der Waals surface area contributed by atoms with Gasteiger partial charge < -0.3 is 14.7 Å². The Labute approximate surface area is 144 Å². The van der Waals surface area contributed by atoms with E-state index in [1.54, 1.807) is 0 Å². The molecule has 0 spiro atoms. The first kappa shape index (κ1) is 16.7. The van der Waals surface area contributed by atoms with Gasteiger partial charge >= 0.3 is 0 Å². The molecule has 0 radical (unpaired) electrons. The van der Waals surface area contributed by atoms with Gasteiger partial charge in [0.15, 0.2) is 0 Å². The second-order valence-electron chi connectivity index (χ2n) is 5.28. The lowest BCUT2D eigenvalue weighted by atomic mass is 10.1. The first-order valence-corrected chi connectivity index (χ1v) is 8.67. The first-order chi connectivity index (χ1) is 11.8. The normalized spacial score (nSPS) is 13.6. The molecule has 2 atom stereocenters. The highest BCUT2D eigenvalue weighted by molar-refractivity contribution is 7.99. The summed E-state index contributed by atoms with van der Waals surface area (Å²) >= 11 is 1.46. The molecule has 1 heterocycles. The highest BCUT2D eigenvalue weighted by Gasteiger charge is 2.23. The molecule has 3 rings (SSSR count). The van der Waals surface area contributed by atoms with Crippen LogP contribution in [-0.4, -0.2) is 38.8 Å². The van der Waals surface area contributed by atoms with Crippen molar-refractivity contribution >= 4 is 11.8 Å². The number of rotatable bonds is 7. The summed E-state index contributed by atoms with van der Waals surface area (Å²) in [6, 6.07) is 19.4. The van der Waals surface area contributed by atoms with Crippen LogP contribution in [0.4, 0.5) is 0 Å². The fourth-order valence-electron chi connectivity index (χ4n) is 2.24. The van der Waals surface area contributed by atoms with E-state index in [1.807, 2.05) is 60.7 Å². The summed E-state index contributed by atoms with van der Waals surface area (Å²) in [5.74, 6) is 1.39. The molecule has 2 aromatic carbocycles. The van der Waals surface area contributed by atoms with Gasteiger partial charge in [0.1, 0.15) is 5.25 Å². The van der Waals surface area contributed by atoms with Crippen LogP contribution < -0.4 is 0 Å². The molecular formula is C18H18N2O3S. The Morgan fingerprint density at radius 1 is 1.00 bits per heavy atom. The number of aromatic nitrogens is 2. The average Bonchev–Trinajstić information content (AvgIpc) is 3.13. The van der Waals surface area contributed by atoms with Crippen molar-refractivity contribution in [3.63, 3.8) is 0 Å². The Morgan fingerprint density at radius 2 is 1.67 bits per heavy atom. The highest BCUT2D eigenvalue weighted by Crippen LogP contribution is 2.35. The van der Waals surface area contributed by atoms with Crippen LogP contribution in [0.25, 0.3) is 11.4 Å². The lowest BCUT2D eigenvalue weighted by molar-refractivity contribution is 0.113. The summed E-state index contributed by atoms with van der Waals surface area (Å²) < 4.78 is 5.48. The summed E-state index contributed by atoms with van der Waals surface area (Å²) in [6.45, 7) is -0.270. The predicted molar refractivity (Wildman–Crippen MR) is 93.6 cm³/mol. The standard InChI is InChI=1S/C18H18N2O3S/c21-11-15(22)12-24-16(13-7-3-1-4-8-13)18-19-17(20-23-18)14-9-5-2-6-10-14/h1-10,15-16,21-22H,11-12H2/t15-,16-/m1/s1. The third-order valence-electron chi connectivity index (χ3n) is 3.47. The lowest BCUT2D eigenvalue weighted by Gasteiger charge is -2.14. The van der Waals surface area contributed by atoms with Gasteiger partial charge in [-0.25, -0.2) is 0 Å². The monoisotopic (exact) mass is 342 g/mol. The molecule has 0 fully saturated rings. The molecule has 0 bridgehead atoms. The van der Waals surface area contributed by atoms with Crippen molar-refractivity contribution in [1.29, 1.82) is 0 Å². The molecule has 0 amide bonds. The van der Waals surface area contributed by atoms with Crippen LogP contribution in [0.15, 0.2) is 65.2 Å². The summed E-state index contributed by atoms with van der Waals surface area (Å²) in [5, 5.41) is 22.5. The number of hydrogen-bond acceptors (Lipinski definition) is 6. The van der Waals surface area contributed by atoms with Gasteiger partial charge in [-0.05, 0) is 5.56 Å². The molecular weight excluding hydrogens is 324 g/mol. The molecule has 0 saturated carbocycles. The van der Waals surface area contributed by atoms with Crippen LogP contribution >= 0.6 is 11.8 Å². The van der Waals surface area contributed by atoms with E-state index in [0.29, 0.717) is 17.5 Å².